The van der Waals surface area contributed by atoms with Crippen molar-refractivity contribution in [2.45, 2.75) is 51.1 Å². The van der Waals surface area contributed by atoms with Gasteiger partial charge in [-0.05, 0) is 43.7 Å². The van der Waals surface area contributed by atoms with Crippen LogP contribution in [0.5, 0.6) is 0 Å². The molecule has 134 valence electrons. The van der Waals surface area contributed by atoms with Gasteiger partial charge in [-0.15, -0.1) is 0 Å². The van der Waals surface area contributed by atoms with E-state index in [1.807, 2.05) is 0 Å². The summed E-state index contributed by atoms with van der Waals surface area (Å²) in [6.07, 6.45) is 3.45. The van der Waals surface area contributed by atoms with E-state index in [0.29, 0.717) is 29.8 Å². The molecule has 0 aliphatic heterocycles. The summed E-state index contributed by atoms with van der Waals surface area (Å²) in [6, 6.07) is 7.10. The van der Waals surface area contributed by atoms with Crippen LogP contribution in [0.3, 0.4) is 0 Å². The fourth-order valence-corrected chi connectivity index (χ4v) is 3.68. The summed E-state index contributed by atoms with van der Waals surface area (Å²) in [6.45, 7) is 1.90. The minimum Gasteiger partial charge on any atom is -0.480 e. The summed E-state index contributed by atoms with van der Waals surface area (Å²) in [5.41, 5.74) is -0.327. The molecule has 25 heavy (non-hydrogen) atoms. The topological polar surface area (TPSA) is 104 Å². The first-order valence-corrected chi connectivity index (χ1v) is 8.67. The smallest absolute Gasteiger partial charge is 0.329 e. The number of H-pyrrole nitrogens is 1. The van der Waals surface area contributed by atoms with E-state index in [2.05, 4.69) is 17.2 Å². The van der Waals surface area contributed by atoms with E-state index < -0.39 is 17.4 Å². The van der Waals surface area contributed by atoms with Gasteiger partial charge >= 0.3 is 11.7 Å². The number of nitrogens with zero attached hydrogens (tertiary/aromatic N) is 1. The third-order valence-corrected chi connectivity index (χ3v) is 5.31. The Morgan fingerprint density at radius 1 is 1.32 bits per heavy atom. The average Bonchev–Trinajstić information content (AvgIpc) is 2.91. The highest BCUT2D eigenvalue weighted by Gasteiger charge is 2.42. The lowest BCUT2D eigenvalue weighted by atomic mass is 9.75. The standard InChI is InChI=1S/C18H23N3O4/c1-2-12-7-9-18(10-8-12,16(23)24)20-15(22)11-21-14-6-4-3-5-13(14)19-17(21)25/h3-6,12H,2,7-11H2,1H3,(H,19,25)(H,20,22)(H,23,24). The molecule has 0 unspecified atom stereocenters. The number of imidazole rings is 1. The second-order valence-corrected chi connectivity index (χ2v) is 6.82. The van der Waals surface area contributed by atoms with Gasteiger partial charge in [-0.3, -0.25) is 9.36 Å². The molecular formula is C18H23N3O4. The summed E-state index contributed by atoms with van der Waals surface area (Å²) in [4.78, 5) is 39.1. The normalized spacial score (nSPS) is 23.5. The van der Waals surface area contributed by atoms with Crippen LogP contribution < -0.4 is 11.0 Å². The van der Waals surface area contributed by atoms with Crippen LogP contribution in [-0.2, 0) is 16.1 Å². The van der Waals surface area contributed by atoms with E-state index in [4.69, 9.17) is 0 Å². The molecule has 0 radical (unpaired) electrons. The average molecular weight is 345 g/mol. The minimum atomic E-state index is -1.22. The summed E-state index contributed by atoms with van der Waals surface area (Å²) in [5, 5.41) is 12.4. The maximum Gasteiger partial charge on any atom is 0.329 e. The molecule has 1 aliphatic rings. The lowest BCUT2D eigenvalue weighted by Crippen LogP contribution is -2.57. The zero-order chi connectivity index (χ0) is 18.0. The first kappa shape index (κ1) is 17.3. The number of nitrogens with one attached hydrogen (secondary N) is 2. The van der Waals surface area contributed by atoms with Crippen LogP contribution in [0.15, 0.2) is 29.1 Å². The number of para-hydroxylation sites is 2. The number of carbonyl (C=O) groups is 2. The Hall–Kier alpha value is -2.57. The second kappa shape index (κ2) is 6.74. The molecule has 7 heteroatoms. The van der Waals surface area contributed by atoms with Crippen LogP contribution in [-0.4, -0.2) is 32.1 Å². The zero-order valence-corrected chi connectivity index (χ0v) is 14.2. The number of aromatic amines is 1. The predicted octanol–water partition coefficient (Wildman–Crippen LogP) is 1.87. The molecular weight excluding hydrogens is 322 g/mol. The fourth-order valence-electron chi connectivity index (χ4n) is 3.68. The number of rotatable bonds is 5. The monoisotopic (exact) mass is 345 g/mol. The number of hydrogen-bond donors (Lipinski definition) is 3. The summed E-state index contributed by atoms with van der Waals surface area (Å²) < 4.78 is 1.33. The largest absolute Gasteiger partial charge is 0.480 e. The highest BCUT2D eigenvalue weighted by molar-refractivity contribution is 5.88. The van der Waals surface area contributed by atoms with Gasteiger partial charge in [-0.25, -0.2) is 9.59 Å². The van der Waals surface area contributed by atoms with Gasteiger partial charge in [0.2, 0.25) is 5.91 Å². The van der Waals surface area contributed by atoms with Gasteiger partial charge in [0.1, 0.15) is 12.1 Å². The predicted molar refractivity (Wildman–Crippen MR) is 93.3 cm³/mol. The van der Waals surface area contributed by atoms with Crippen LogP contribution in [0.25, 0.3) is 11.0 Å². The Balaban J connectivity index is 1.77. The van der Waals surface area contributed by atoms with Crippen molar-refractivity contribution >= 4 is 22.9 Å². The summed E-state index contributed by atoms with van der Waals surface area (Å²) >= 11 is 0. The molecule has 3 N–H and O–H groups in total. The van der Waals surface area contributed by atoms with Crippen molar-refractivity contribution in [3.8, 4) is 0 Å². The van der Waals surface area contributed by atoms with Crippen molar-refractivity contribution in [1.29, 1.82) is 0 Å². The number of benzene rings is 1. The van der Waals surface area contributed by atoms with Gasteiger partial charge in [0.25, 0.3) is 0 Å². The van der Waals surface area contributed by atoms with Crippen LogP contribution in [0, 0.1) is 5.92 Å². The molecule has 1 fully saturated rings. The summed E-state index contributed by atoms with van der Waals surface area (Å²) in [5.74, 6) is -0.938. The van der Waals surface area contributed by atoms with E-state index in [-0.39, 0.29) is 12.2 Å². The van der Waals surface area contributed by atoms with Crippen molar-refractivity contribution in [2.75, 3.05) is 0 Å². The number of aliphatic carboxylic acids is 1. The molecule has 1 aromatic heterocycles. The number of aromatic nitrogens is 2. The highest BCUT2D eigenvalue weighted by Crippen LogP contribution is 2.34. The van der Waals surface area contributed by atoms with E-state index >= 15 is 0 Å². The quantitative estimate of drug-likeness (QED) is 0.769. The van der Waals surface area contributed by atoms with E-state index in [1.54, 1.807) is 24.3 Å². The lowest BCUT2D eigenvalue weighted by Gasteiger charge is -2.37. The van der Waals surface area contributed by atoms with Crippen molar-refractivity contribution < 1.29 is 14.7 Å². The molecule has 0 atom stereocenters. The van der Waals surface area contributed by atoms with Crippen LogP contribution >= 0.6 is 0 Å². The number of carbonyl (C=O) groups excluding carboxylic acids is 1. The number of hydrogen-bond acceptors (Lipinski definition) is 3. The highest BCUT2D eigenvalue weighted by atomic mass is 16.4. The van der Waals surface area contributed by atoms with Crippen LogP contribution in [0.1, 0.15) is 39.0 Å². The van der Waals surface area contributed by atoms with Gasteiger partial charge in [0.05, 0.1) is 11.0 Å². The first-order chi connectivity index (χ1) is 11.9. The molecule has 1 aliphatic carbocycles. The Bertz CT molecular complexity index is 843. The molecule has 1 heterocycles. The molecule has 7 nitrogen and oxygen atoms in total. The van der Waals surface area contributed by atoms with Gasteiger partial charge in [0.15, 0.2) is 0 Å². The van der Waals surface area contributed by atoms with E-state index in [9.17, 15) is 19.5 Å². The number of amides is 1. The third-order valence-electron chi connectivity index (χ3n) is 5.31. The number of carboxylic acids is 1. The first-order valence-electron chi connectivity index (χ1n) is 8.67. The van der Waals surface area contributed by atoms with Gasteiger partial charge in [-0.1, -0.05) is 25.5 Å². The van der Waals surface area contributed by atoms with Crippen LogP contribution in [0.2, 0.25) is 0 Å². The van der Waals surface area contributed by atoms with Crippen molar-refractivity contribution in [3.05, 3.63) is 34.7 Å². The minimum absolute atomic E-state index is 0.199. The van der Waals surface area contributed by atoms with Gasteiger partial charge in [-0.2, -0.15) is 0 Å². The lowest BCUT2D eigenvalue weighted by molar-refractivity contribution is -0.149. The molecule has 0 saturated heterocycles. The van der Waals surface area contributed by atoms with E-state index in [1.165, 1.54) is 4.57 Å². The third kappa shape index (κ3) is 3.31. The van der Waals surface area contributed by atoms with Crippen molar-refractivity contribution in [3.63, 3.8) is 0 Å². The Morgan fingerprint density at radius 3 is 2.64 bits per heavy atom. The molecule has 0 spiro atoms. The van der Waals surface area contributed by atoms with Crippen molar-refractivity contribution in [2.24, 2.45) is 5.92 Å². The Labute approximate surface area is 145 Å². The molecule has 3 rings (SSSR count). The number of carboxylic acid groups (broad SMARTS) is 1. The Morgan fingerprint density at radius 2 is 2.00 bits per heavy atom. The molecule has 1 amide bonds. The fraction of sp³-hybridized carbons (Fsp3) is 0.500. The van der Waals surface area contributed by atoms with E-state index in [0.717, 1.165) is 19.3 Å². The molecule has 1 aromatic carbocycles. The summed E-state index contributed by atoms with van der Waals surface area (Å²) in [7, 11) is 0. The molecule has 2 aromatic rings. The molecule has 0 bridgehead atoms. The molecule has 1 saturated carbocycles. The Kier molecular flexibility index (Phi) is 4.65. The second-order valence-electron chi connectivity index (χ2n) is 6.82. The van der Waals surface area contributed by atoms with Gasteiger partial charge < -0.3 is 15.4 Å². The van der Waals surface area contributed by atoms with Gasteiger partial charge in [0, 0.05) is 0 Å². The SMILES string of the molecule is CCC1CCC(NC(=O)Cn2c(=O)[nH]c3ccccc32)(C(=O)O)CC1. The van der Waals surface area contributed by atoms with Crippen LogP contribution in [0.4, 0.5) is 0 Å². The maximum absolute atomic E-state index is 12.5. The number of fused-ring (bicyclic) bond motifs is 1. The zero-order valence-electron chi connectivity index (χ0n) is 14.2. The van der Waals surface area contributed by atoms with Crippen molar-refractivity contribution in [1.82, 2.24) is 14.9 Å². The maximum atomic E-state index is 12.5.